The number of amides is 1. The molecule has 0 unspecified atom stereocenters. The van der Waals surface area contributed by atoms with Crippen LogP contribution in [0.4, 0.5) is 0 Å². The normalized spacial score (nSPS) is 9.40. The molecule has 0 aromatic carbocycles. The van der Waals surface area contributed by atoms with Crippen LogP contribution in [0.3, 0.4) is 0 Å². The molecule has 0 heterocycles. The van der Waals surface area contributed by atoms with Crippen molar-refractivity contribution in [2.75, 3.05) is 19.2 Å². The third-order valence-electron chi connectivity index (χ3n) is 0.841. The number of alkyl halides is 1. The molecule has 0 aliphatic heterocycles. The zero-order valence-corrected chi connectivity index (χ0v) is 6.78. The quantitative estimate of drug-likeness (QED) is 0.371. The molecule has 0 atom stereocenters. The van der Waals surface area contributed by atoms with Gasteiger partial charge in [0.2, 0.25) is 5.91 Å². The van der Waals surface area contributed by atoms with Gasteiger partial charge in [0, 0.05) is 6.61 Å². The molecule has 0 radical (unpaired) electrons. The number of rotatable bonds is 5. The largest absolute Gasteiger partial charge is 0.361 e. The molecule has 3 nitrogen and oxygen atoms in total. The average molecular weight is 166 g/mol. The molecule has 60 valence electrons. The average Bonchev–Trinajstić information content (AvgIpc) is 1.98. The molecule has 0 rings (SSSR count). The number of nitrogens with one attached hydrogen (secondary N) is 1. The number of carbonyl (C=O) groups excluding carboxylic acids is 1. The van der Waals surface area contributed by atoms with Gasteiger partial charge < -0.3 is 10.1 Å². The Labute approximate surface area is 65.7 Å². The molecule has 4 heteroatoms. The minimum atomic E-state index is -0.197. The summed E-state index contributed by atoms with van der Waals surface area (Å²) < 4.78 is 4.96. The Morgan fingerprint density at radius 2 is 2.40 bits per heavy atom. The Kier molecular flexibility index (Phi) is 6.64. The number of hydrogen-bond acceptors (Lipinski definition) is 2. The summed E-state index contributed by atoms with van der Waals surface area (Å²) in [6.07, 6.45) is 0.955. The highest BCUT2D eigenvalue weighted by atomic mass is 35.5. The van der Waals surface area contributed by atoms with Gasteiger partial charge in [-0.15, -0.1) is 11.6 Å². The van der Waals surface area contributed by atoms with E-state index < -0.39 is 0 Å². The highest BCUT2D eigenvalue weighted by Gasteiger charge is 1.94. The predicted molar refractivity (Wildman–Crippen MR) is 40.0 cm³/mol. The number of ether oxygens (including phenoxy) is 1. The van der Waals surface area contributed by atoms with Crippen molar-refractivity contribution in [2.45, 2.75) is 13.3 Å². The third kappa shape index (κ3) is 5.85. The van der Waals surface area contributed by atoms with Gasteiger partial charge in [0.15, 0.2) is 0 Å². The van der Waals surface area contributed by atoms with E-state index in [-0.39, 0.29) is 18.5 Å². The highest BCUT2D eigenvalue weighted by Crippen LogP contribution is 1.78. The van der Waals surface area contributed by atoms with Crippen LogP contribution >= 0.6 is 11.6 Å². The van der Waals surface area contributed by atoms with Gasteiger partial charge in [-0.25, -0.2) is 0 Å². The fourth-order valence-corrected chi connectivity index (χ4v) is 0.490. The Morgan fingerprint density at radius 3 is 2.90 bits per heavy atom. The summed E-state index contributed by atoms with van der Waals surface area (Å²) in [6.45, 7) is 2.94. The second kappa shape index (κ2) is 6.83. The van der Waals surface area contributed by atoms with E-state index >= 15 is 0 Å². The topological polar surface area (TPSA) is 38.3 Å². The van der Waals surface area contributed by atoms with Crippen LogP contribution in [-0.4, -0.2) is 25.1 Å². The van der Waals surface area contributed by atoms with Crippen molar-refractivity contribution < 1.29 is 9.53 Å². The van der Waals surface area contributed by atoms with Gasteiger partial charge >= 0.3 is 0 Å². The van der Waals surface area contributed by atoms with Gasteiger partial charge in [-0.2, -0.15) is 0 Å². The van der Waals surface area contributed by atoms with Crippen molar-refractivity contribution in [1.29, 1.82) is 0 Å². The van der Waals surface area contributed by atoms with Crippen LogP contribution in [0.5, 0.6) is 0 Å². The lowest BCUT2D eigenvalue weighted by Gasteiger charge is -2.02. The first kappa shape index (κ1) is 9.72. The van der Waals surface area contributed by atoms with Gasteiger partial charge in [0.1, 0.15) is 12.6 Å². The molecule has 0 saturated carbocycles. The third-order valence-corrected chi connectivity index (χ3v) is 1.08. The molecule has 0 aliphatic rings. The predicted octanol–water partition coefficient (Wildman–Crippen LogP) is 0.725. The van der Waals surface area contributed by atoms with E-state index in [1.54, 1.807) is 0 Å². The molecule has 0 spiro atoms. The van der Waals surface area contributed by atoms with Crippen LogP contribution in [0, 0.1) is 0 Å². The molecular weight excluding hydrogens is 154 g/mol. The lowest BCUT2D eigenvalue weighted by molar-refractivity contribution is -0.120. The lowest BCUT2D eigenvalue weighted by atomic mass is 10.5. The van der Waals surface area contributed by atoms with Crippen molar-refractivity contribution in [2.24, 2.45) is 0 Å². The number of carbonyl (C=O) groups is 1. The molecule has 0 bridgehead atoms. The van der Waals surface area contributed by atoms with Crippen molar-refractivity contribution in [3.63, 3.8) is 0 Å². The van der Waals surface area contributed by atoms with E-state index in [1.807, 2.05) is 6.92 Å². The van der Waals surface area contributed by atoms with Gasteiger partial charge in [0.25, 0.3) is 0 Å². The summed E-state index contributed by atoms with van der Waals surface area (Å²) in [6, 6.07) is 0. The fraction of sp³-hybridized carbons (Fsp3) is 0.833. The summed E-state index contributed by atoms with van der Waals surface area (Å²) in [4.78, 5) is 10.5. The van der Waals surface area contributed by atoms with Crippen LogP contribution in [0.1, 0.15) is 13.3 Å². The van der Waals surface area contributed by atoms with E-state index in [1.165, 1.54) is 0 Å². The summed E-state index contributed by atoms with van der Waals surface area (Å²) in [5.41, 5.74) is 0. The zero-order chi connectivity index (χ0) is 7.82. The lowest BCUT2D eigenvalue weighted by Crippen LogP contribution is -2.27. The first-order chi connectivity index (χ1) is 4.81. The van der Waals surface area contributed by atoms with E-state index in [0.29, 0.717) is 6.61 Å². The van der Waals surface area contributed by atoms with Crippen molar-refractivity contribution >= 4 is 17.5 Å². The fourth-order valence-electron chi connectivity index (χ4n) is 0.395. The SMILES string of the molecule is CCCOCNC(=O)CCl. The Balaban J connectivity index is 2.96. The Bertz CT molecular complexity index is 97.7. The monoisotopic (exact) mass is 165 g/mol. The second-order valence-electron chi connectivity index (χ2n) is 1.79. The minimum absolute atomic E-state index is 0.00448. The van der Waals surface area contributed by atoms with Crippen LogP contribution in [0.25, 0.3) is 0 Å². The zero-order valence-electron chi connectivity index (χ0n) is 6.02. The van der Waals surface area contributed by atoms with Crippen LogP contribution < -0.4 is 5.32 Å². The Hall–Kier alpha value is -0.280. The highest BCUT2D eigenvalue weighted by molar-refractivity contribution is 6.27. The molecule has 0 aromatic rings. The molecule has 0 aromatic heterocycles. The molecule has 0 aliphatic carbocycles. The molecule has 1 N–H and O–H groups in total. The summed E-state index contributed by atoms with van der Waals surface area (Å²) in [5.74, 6) is -0.201. The standard InChI is InChI=1S/C6H12ClNO2/c1-2-3-10-5-8-6(9)4-7/h2-5H2,1H3,(H,8,9). The van der Waals surface area contributed by atoms with Gasteiger partial charge in [-0.05, 0) is 6.42 Å². The van der Waals surface area contributed by atoms with Gasteiger partial charge in [0.05, 0.1) is 0 Å². The van der Waals surface area contributed by atoms with E-state index in [2.05, 4.69) is 5.32 Å². The first-order valence-electron chi connectivity index (χ1n) is 3.21. The van der Waals surface area contributed by atoms with Crippen LogP contribution in [0.2, 0.25) is 0 Å². The smallest absolute Gasteiger partial charge is 0.236 e. The minimum Gasteiger partial charge on any atom is -0.361 e. The molecule has 1 amide bonds. The van der Waals surface area contributed by atoms with Gasteiger partial charge in [-0.1, -0.05) is 6.92 Å². The van der Waals surface area contributed by atoms with Crippen LogP contribution in [0.15, 0.2) is 0 Å². The Morgan fingerprint density at radius 1 is 1.70 bits per heavy atom. The first-order valence-corrected chi connectivity index (χ1v) is 3.75. The molecule has 0 fully saturated rings. The number of hydrogen-bond donors (Lipinski definition) is 1. The molecular formula is C6H12ClNO2. The van der Waals surface area contributed by atoms with Crippen molar-refractivity contribution in [3.05, 3.63) is 0 Å². The molecule has 10 heavy (non-hydrogen) atoms. The molecule has 0 saturated heterocycles. The number of halogens is 1. The maximum atomic E-state index is 10.5. The van der Waals surface area contributed by atoms with E-state index in [9.17, 15) is 4.79 Å². The van der Waals surface area contributed by atoms with Crippen molar-refractivity contribution in [1.82, 2.24) is 5.32 Å². The van der Waals surface area contributed by atoms with E-state index in [4.69, 9.17) is 16.3 Å². The summed E-state index contributed by atoms with van der Waals surface area (Å²) in [5, 5.41) is 2.47. The van der Waals surface area contributed by atoms with Crippen LogP contribution in [-0.2, 0) is 9.53 Å². The second-order valence-corrected chi connectivity index (χ2v) is 2.05. The summed E-state index contributed by atoms with van der Waals surface area (Å²) in [7, 11) is 0. The van der Waals surface area contributed by atoms with Gasteiger partial charge in [-0.3, -0.25) is 4.79 Å². The maximum Gasteiger partial charge on any atom is 0.236 e. The van der Waals surface area contributed by atoms with Crippen molar-refractivity contribution in [3.8, 4) is 0 Å². The maximum absolute atomic E-state index is 10.5. The summed E-state index contributed by atoms with van der Waals surface area (Å²) >= 11 is 5.20. The van der Waals surface area contributed by atoms with E-state index in [0.717, 1.165) is 6.42 Å².